The Kier molecular flexibility index (Phi) is 3.98. The van der Waals surface area contributed by atoms with E-state index in [1.54, 1.807) is 26.0 Å². The maximum atomic E-state index is 10.9. The van der Waals surface area contributed by atoms with E-state index in [9.17, 15) is 4.79 Å². The number of carboxylic acid groups (broad SMARTS) is 1. The van der Waals surface area contributed by atoms with Crippen molar-refractivity contribution >= 4 is 17.7 Å². The number of methoxy groups -OCH3 is 2. The number of hydrogen-bond acceptors (Lipinski definition) is 5. The highest BCUT2D eigenvalue weighted by Crippen LogP contribution is 2.39. The molecule has 2 N–H and O–H groups in total. The van der Waals surface area contributed by atoms with Crippen LogP contribution in [-0.4, -0.2) is 37.1 Å². The second kappa shape index (κ2) is 5.49. The number of benzene rings is 1. The molecular formula is C12H15NO4S. The lowest BCUT2D eigenvalue weighted by molar-refractivity contribution is -0.138. The first-order valence-electron chi connectivity index (χ1n) is 5.48. The van der Waals surface area contributed by atoms with Crippen LogP contribution in [0.1, 0.15) is 10.9 Å². The number of hydrogen-bond donors (Lipinski definition) is 2. The Bertz CT molecular complexity index is 452. The average molecular weight is 269 g/mol. The zero-order valence-electron chi connectivity index (χ0n) is 10.2. The van der Waals surface area contributed by atoms with Crippen molar-refractivity contribution in [3.8, 4) is 11.5 Å². The van der Waals surface area contributed by atoms with E-state index in [-0.39, 0.29) is 5.37 Å². The summed E-state index contributed by atoms with van der Waals surface area (Å²) < 4.78 is 10.5. The molecular weight excluding hydrogens is 254 g/mol. The lowest BCUT2D eigenvalue weighted by Gasteiger charge is -2.16. The van der Waals surface area contributed by atoms with E-state index < -0.39 is 12.0 Å². The summed E-state index contributed by atoms with van der Waals surface area (Å²) in [5.41, 5.74) is 0.908. The molecule has 2 atom stereocenters. The normalized spacial score (nSPS) is 22.8. The van der Waals surface area contributed by atoms with Gasteiger partial charge in [-0.3, -0.25) is 10.1 Å². The molecule has 1 aromatic rings. The molecule has 0 bridgehead atoms. The molecule has 18 heavy (non-hydrogen) atoms. The minimum Gasteiger partial charge on any atom is -0.497 e. The molecule has 0 radical (unpaired) electrons. The largest absolute Gasteiger partial charge is 0.497 e. The minimum atomic E-state index is -0.827. The fourth-order valence-electron chi connectivity index (χ4n) is 1.84. The molecule has 1 unspecified atom stereocenters. The van der Waals surface area contributed by atoms with Gasteiger partial charge in [-0.25, -0.2) is 0 Å². The van der Waals surface area contributed by atoms with E-state index in [2.05, 4.69) is 5.32 Å². The lowest BCUT2D eigenvalue weighted by Crippen LogP contribution is -2.33. The van der Waals surface area contributed by atoms with Crippen molar-refractivity contribution in [3.63, 3.8) is 0 Å². The molecule has 98 valence electrons. The van der Waals surface area contributed by atoms with E-state index in [1.807, 2.05) is 18.2 Å². The molecule has 0 amide bonds. The second-order valence-electron chi connectivity index (χ2n) is 3.88. The van der Waals surface area contributed by atoms with Crippen LogP contribution < -0.4 is 14.8 Å². The molecule has 1 aromatic carbocycles. The Labute approximate surface area is 109 Å². The van der Waals surface area contributed by atoms with Gasteiger partial charge in [-0.05, 0) is 18.2 Å². The zero-order chi connectivity index (χ0) is 13.1. The van der Waals surface area contributed by atoms with E-state index in [0.717, 1.165) is 17.1 Å². The third-order valence-electron chi connectivity index (χ3n) is 2.80. The predicted molar refractivity (Wildman–Crippen MR) is 69.3 cm³/mol. The van der Waals surface area contributed by atoms with Gasteiger partial charge in [0, 0.05) is 11.3 Å². The van der Waals surface area contributed by atoms with Crippen LogP contribution in [0.2, 0.25) is 0 Å². The van der Waals surface area contributed by atoms with Crippen molar-refractivity contribution in [2.45, 2.75) is 11.4 Å². The van der Waals surface area contributed by atoms with Gasteiger partial charge in [0.2, 0.25) is 0 Å². The highest BCUT2D eigenvalue weighted by Gasteiger charge is 2.32. The quantitative estimate of drug-likeness (QED) is 0.863. The SMILES string of the molecule is COc1ccc(OC)c(C2N[C@@H](C(=O)O)CS2)c1. The van der Waals surface area contributed by atoms with Crippen molar-refractivity contribution in [1.82, 2.24) is 5.32 Å². The second-order valence-corrected chi connectivity index (χ2v) is 5.02. The molecule has 0 aromatic heterocycles. The molecule has 1 fully saturated rings. The molecule has 1 heterocycles. The van der Waals surface area contributed by atoms with Gasteiger partial charge in [0.1, 0.15) is 17.5 Å². The zero-order valence-corrected chi connectivity index (χ0v) is 11.0. The lowest BCUT2D eigenvalue weighted by atomic mass is 10.1. The number of thioether (sulfide) groups is 1. The smallest absolute Gasteiger partial charge is 0.321 e. The molecule has 1 saturated heterocycles. The maximum absolute atomic E-state index is 10.9. The first kappa shape index (κ1) is 13.0. The van der Waals surface area contributed by atoms with Crippen LogP contribution in [0.4, 0.5) is 0 Å². The number of ether oxygens (including phenoxy) is 2. The van der Waals surface area contributed by atoms with Gasteiger partial charge in [-0.1, -0.05) is 0 Å². The Morgan fingerprint density at radius 1 is 1.44 bits per heavy atom. The Morgan fingerprint density at radius 3 is 2.78 bits per heavy atom. The highest BCUT2D eigenvalue weighted by atomic mass is 32.2. The maximum Gasteiger partial charge on any atom is 0.321 e. The molecule has 0 saturated carbocycles. The van der Waals surface area contributed by atoms with Crippen LogP contribution in [0.3, 0.4) is 0 Å². The summed E-state index contributed by atoms with van der Waals surface area (Å²) in [5, 5.41) is 11.9. The van der Waals surface area contributed by atoms with E-state index in [4.69, 9.17) is 14.6 Å². The summed E-state index contributed by atoms with van der Waals surface area (Å²) in [6.07, 6.45) is 0. The summed E-state index contributed by atoms with van der Waals surface area (Å²) in [4.78, 5) is 10.9. The van der Waals surface area contributed by atoms with Crippen LogP contribution in [0.25, 0.3) is 0 Å². The summed E-state index contributed by atoms with van der Waals surface area (Å²) in [5.74, 6) is 1.17. The molecule has 1 aliphatic heterocycles. The van der Waals surface area contributed by atoms with E-state index >= 15 is 0 Å². The standard InChI is InChI=1S/C12H15NO4S/c1-16-7-3-4-10(17-2)8(5-7)11-13-9(6-18-11)12(14)15/h3-5,9,11,13H,6H2,1-2H3,(H,14,15)/t9-,11?/m1/s1. The van der Waals surface area contributed by atoms with Crippen LogP contribution in [0.15, 0.2) is 18.2 Å². The third kappa shape index (κ3) is 2.54. The third-order valence-corrected chi connectivity index (χ3v) is 4.05. The number of carboxylic acids is 1. The summed E-state index contributed by atoms with van der Waals surface area (Å²) in [6.45, 7) is 0. The van der Waals surface area contributed by atoms with Gasteiger partial charge in [0.15, 0.2) is 0 Å². The van der Waals surface area contributed by atoms with Gasteiger partial charge < -0.3 is 14.6 Å². The molecule has 5 nitrogen and oxygen atoms in total. The number of carbonyl (C=O) groups is 1. The monoisotopic (exact) mass is 269 g/mol. The van der Waals surface area contributed by atoms with E-state index in [1.165, 1.54) is 0 Å². The molecule has 1 aliphatic rings. The van der Waals surface area contributed by atoms with Crippen LogP contribution in [0, 0.1) is 0 Å². The Hall–Kier alpha value is -1.40. The molecule has 0 spiro atoms. The number of aliphatic carboxylic acids is 1. The fourth-order valence-corrected chi connectivity index (χ4v) is 3.09. The van der Waals surface area contributed by atoms with Gasteiger partial charge in [-0.2, -0.15) is 0 Å². The van der Waals surface area contributed by atoms with Crippen LogP contribution in [0.5, 0.6) is 11.5 Å². The van der Waals surface area contributed by atoms with Gasteiger partial charge >= 0.3 is 5.97 Å². The van der Waals surface area contributed by atoms with Crippen molar-refractivity contribution in [1.29, 1.82) is 0 Å². The Morgan fingerprint density at radius 2 is 2.22 bits per heavy atom. The highest BCUT2D eigenvalue weighted by molar-refractivity contribution is 7.99. The first-order valence-corrected chi connectivity index (χ1v) is 6.53. The van der Waals surface area contributed by atoms with Crippen LogP contribution in [-0.2, 0) is 4.79 Å². The van der Waals surface area contributed by atoms with Crippen molar-refractivity contribution in [2.24, 2.45) is 0 Å². The fraction of sp³-hybridized carbons (Fsp3) is 0.417. The Balaban J connectivity index is 2.24. The van der Waals surface area contributed by atoms with Gasteiger partial charge in [-0.15, -0.1) is 11.8 Å². The van der Waals surface area contributed by atoms with E-state index in [0.29, 0.717) is 5.75 Å². The number of nitrogens with one attached hydrogen (secondary N) is 1. The summed E-state index contributed by atoms with van der Waals surface area (Å²) >= 11 is 1.55. The van der Waals surface area contributed by atoms with Crippen molar-refractivity contribution in [3.05, 3.63) is 23.8 Å². The van der Waals surface area contributed by atoms with Crippen molar-refractivity contribution < 1.29 is 19.4 Å². The van der Waals surface area contributed by atoms with Crippen molar-refractivity contribution in [2.75, 3.05) is 20.0 Å². The molecule has 2 rings (SSSR count). The van der Waals surface area contributed by atoms with Gasteiger partial charge in [0.05, 0.1) is 19.6 Å². The topological polar surface area (TPSA) is 67.8 Å². The minimum absolute atomic E-state index is 0.0869. The first-order chi connectivity index (χ1) is 8.65. The number of rotatable bonds is 4. The molecule has 6 heteroatoms. The summed E-state index contributed by atoms with van der Waals surface area (Å²) in [6, 6.07) is 4.99. The summed E-state index contributed by atoms with van der Waals surface area (Å²) in [7, 11) is 3.19. The predicted octanol–water partition coefficient (Wildman–Crippen LogP) is 1.49. The molecule has 0 aliphatic carbocycles. The average Bonchev–Trinajstić information content (AvgIpc) is 2.87. The van der Waals surface area contributed by atoms with Crippen LogP contribution >= 0.6 is 11.8 Å². The van der Waals surface area contributed by atoms with Gasteiger partial charge in [0.25, 0.3) is 0 Å².